The van der Waals surface area contributed by atoms with Crippen molar-refractivity contribution in [2.75, 3.05) is 4.90 Å². The van der Waals surface area contributed by atoms with E-state index >= 15 is 0 Å². The molecular weight excluding hydrogens is 311 g/mol. The van der Waals surface area contributed by atoms with Gasteiger partial charge in [-0.05, 0) is 38.0 Å². The summed E-state index contributed by atoms with van der Waals surface area (Å²) in [5, 5.41) is 3.62. The van der Waals surface area contributed by atoms with Gasteiger partial charge in [0.2, 0.25) is 5.91 Å². The van der Waals surface area contributed by atoms with Crippen molar-refractivity contribution in [3.05, 3.63) is 28.2 Å². The fourth-order valence-electron chi connectivity index (χ4n) is 2.54. The van der Waals surface area contributed by atoms with Crippen molar-refractivity contribution in [3.8, 4) is 0 Å². The van der Waals surface area contributed by atoms with Crippen LogP contribution in [-0.2, 0) is 9.59 Å². The normalized spacial score (nSPS) is 21.7. The smallest absolute Gasteiger partial charge is 0.252 e. The van der Waals surface area contributed by atoms with Gasteiger partial charge < -0.3 is 5.32 Å². The fourth-order valence-corrected chi connectivity index (χ4v) is 3.05. The Kier molecular flexibility index (Phi) is 4.22. The lowest BCUT2D eigenvalue weighted by Crippen LogP contribution is -2.69. The average Bonchev–Trinajstić information content (AvgIpc) is 2.30. The van der Waals surface area contributed by atoms with Crippen LogP contribution in [0.25, 0.3) is 0 Å². The average molecular weight is 329 g/mol. The van der Waals surface area contributed by atoms with Crippen molar-refractivity contribution in [1.82, 2.24) is 5.32 Å². The van der Waals surface area contributed by atoms with Crippen molar-refractivity contribution in [1.29, 1.82) is 0 Å². The molecule has 1 unspecified atom stereocenters. The molecule has 1 aromatic rings. The molecule has 1 fully saturated rings. The molecule has 0 aromatic heterocycles. The van der Waals surface area contributed by atoms with Gasteiger partial charge in [-0.15, -0.1) is 0 Å². The molecule has 0 spiro atoms. The maximum atomic E-state index is 12.8. The van der Waals surface area contributed by atoms with Crippen molar-refractivity contribution in [2.45, 2.75) is 39.3 Å². The summed E-state index contributed by atoms with van der Waals surface area (Å²) in [6.07, 6.45) is 0. The van der Waals surface area contributed by atoms with E-state index in [0.29, 0.717) is 15.7 Å². The van der Waals surface area contributed by atoms with Crippen molar-refractivity contribution < 1.29 is 9.59 Å². The zero-order valence-electron chi connectivity index (χ0n) is 12.4. The van der Waals surface area contributed by atoms with Crippen LogP contribution in [0.3, 0.4) is 0 Å². The van der Waals surface area contributed by atoms with Gasteiger partial charge in [-0.25, -0.2) is 0 Å². The first-order valence-electron chi connectivity index (χ1n) is 6.75. The number of nitrogens with one attached hydrogen (secondary N) is 1. The largest absolute Gasteiger partial charge is 0.340 e. The monoisotopic (exact) mass is 328 g/mol. The standard InChI is InChI=1S/C15H18Cl2N2O2/c1-8(2)12-13(20)18-15(3,4)14(21)19(12)11-6-9(16)5-10(17)7-11/h5-8,12H,1-4H3,(H,18,20). The molecule has 1 aliphatic rings. The number of hydrogen-bond acceptors (Lipinski definition) is 2. The zero-order chi connectivity index (χ0) is 15.9. The fraction of sp³-hybridized carbons (Fsp3) is 0.467. The van der Waals surface area contributed by atoms with Crippen molar-refractivity contribution in [2.24, 2.45) is 5.92 Å². The molecule has 114 valence electrons. The zero-order valence-corrected chi connectivity index (χ0v) is 13.9. The van der Waals surface area contributed by atoms with Gasteiger partial charge in [0.05, 0.1) is 0 Å². The Bertz CT molecular complexity index is 579. The summed E-state index contributed by atoms with van der Waals surface area (Å²) in [6.45, 7) is 7.16. The van der Waals surface area contributed by atoms with E-state index < -0.39 is 11.6 Å². The summed E-state index contributed by atoms with van der Waals surface area (Å²) < 4.78 is 0. The van der Waals surface area contributed by atoms with E-state index in [-0.39, 0.29) is 17.7 Å². The van der Waals surface area contributed by atoms with Crippen LogP contribution in [0.2, 0.25) is 10.0 Å². The Hall–Kier alpha value is -1.26. The van der Waals surface area contributed by atoms with Crippen LogP contribution >= 0.6 is 23.2 Å². The van der Waals surface area contributed by atoms with Gasteiger partial charge in [-0.2, -0.15) is 0 Å². The highest BCUT2D eigenvalue weighted by Gasteiger charge is 2.47. The number of piperazine rings is 1. The first-order chi connectivity index (χ1) is 9.63. The number of carbonyl (C=O) groups is 2. The lowest BCUT2D eigenvalue weighted by Gasteiger charge is -2.44. The Morgan fingerprint density at radius 2 is 1.67 bits per heavy atom. The van der Waals surface area contributed by atoms with Crippen LogP contribution in [0, 0.1) is 5.92 Å². The highest BCUT2D eigenvalue weighted by molar-refractivity contribution is 6.35. The first-order valence-corrected chi connectivity index (χ1v) is 7.51. The van der Waals surface area contributed by atoms with Gasteiger partial charge in [0, 0.05) is 15.7 Å². The maximum Gasteiger partial charge on any atom is 0.252 e. The van der Waals surface area contributed by atoms with E-state index in [9.17, 15) is 9.59 Å². The van der Waals surface area contributed by atoms with Crippen LogP contribution in [0.1, 0.15) is 27.7 Å². The van der Waals surface area contributed by atoms with E-state index in [1.54, 1.807) is 32.0 Å². The molecule has 2 rings (SSSR count). The number of amides is 2. The SMILES string of the molecule is CC(C)C1C(=O)NC(C)(C)C(=O)N1c1cc(Cl)cc(Cl)c1. The molecule has 0 bridgehead atoms. The minimum absolute atomic E-state index is 0.0391. The molecule has 1 N–H and O–H groups in total. The van der Waals surface area contributed by atoms with Gasteiger partial charge in [-0.3, -0.25) is 14.5 Å². The summed E-state index contributed by atoms with van der Waals surface area (Å²) in [6, 6.07) is 4.31. The summed E-state index contributed by atoms with van der Waals surface area (Å²) in [4.78, 5) is 26.6. The molecule has 1 heterocycles. The number of halogens is 2. The number of hydrogen-bond donors (Lipinski definition) is 1. The molecule has 1 aliphatic heterocycles. The highest BCUT2D eigenvalue weighted by atomic mass is 35.5. The van der Waals surface area contributed by atoms with Gasteiger partial charge in [0.1, 0.15) is 11.6 Å². The summed E-state index contributed by atoms with van der Waals surface area (Å²) in [7, 11) is 0. The van der Waals surface area contributed by atoms with Crippen LogP contribution in [0.4, 0.5) is 5.69 Å². The van der Waals surface area contributed by atoms with E-state index in [0.717, 1.165) is 0 Å². The number of anilines is 1. The lowest BCUT2D eigenvalue weighted by molar-refractivity contribution is -0.138. The Balaban J connectivity index is 2.57. The molecule has 1 atom stereocenters. The Labute approximate surface area is 134 Å². The second kappa shape index (κ2) is 5.50. The van der Waals surface area contributed by atoms with Crippen LogP contribution in [0.5, 0.6) is 0 Å². The van der Waals surface area contributed by atoms with E-state index in [1.807, 2.05) is 13.8 Å². The third kappa shape index (κ3) is 3.01. The number of rotatable bonds is 2. The van der Waals surface area contributed by atoms with Gasteiger partial charge in [-0.1, -0.05) is 37.0 Å². The quantitative estimate of drug-likeness (QED) is 0.905. The minimum atomic E-state index is -0.961. The van der Waals surface area contributed by atoms with E-state index in [1.165, 1.54) is 4.90 Å². The highest BCUT2D eigenvalue weighted by Crippen LogP contribution is 2.32. The molecule has 1 saturated heterocycles. The van der Waals surface area contributed by atoms with E-state index in [4.69, 9.17) is 23.2 Å². The molecule has 21 heavy (non-hydrogen) atoms. The van der Waals surface area contributed by atoms with Crippen LogP contribution in [-0.4, -0.2) is 23.4 Å². The number of carbonyl (C=O) groups excluding carboxylic acids is 2. The van der Waals surface area contributed by atoms with Crippen LogP contribution in [0.15, 0.2) is 18.2 Å². The molecular formula is C15H18Cl2N2O2. The van der Waals surface area contributed by atoms with Crippen LogP contribution < -0.4 is 10.2 Å². The van der Waals surface area contributed by atoms with Crippen molar-refractivity contribution in [3.63, 3.8) is 0 Å². The Morgan fingerprint density at radius 3 is 2.14 bits per heavy atom. The predicted octanol–water partition coefficient (Wildman–Crippen LogP) is 3.26. The lowest BCUT2D eigenvalue weighted by atomic mass is 9.91. The first kappa shape index (κ1) is 16.1. The number of nitrogens with zero attached hydrogens (tertiary/aromatic N) is 1. The van der Waals surface area contributed by atoms with Gasteiger partial charge in [0.15, 0.2) is 0 Å². The third-order valence-corrected chi connectivity index (χ3v) is 3.93. The minimum Gasteiger partial charge on any atom is -0.340 e. The molecule has 4 nitrogen and oxygen atoms in total. The summed E-state index contributed by atoms with van der Waals surface area (Å²) in [5.74, 6) is -0.396. The maximum absolute atomic E-state index is 12.8. The van der Waals surface area contributed by atoms with Crippen molar-refractivity contribution >= 4 is 40.7 Å². The molecule has 2 amide bonds. The summed E-state index contributed by atoms with van der Waals surface area (Å²) >= 11 is 12.1. The van der Waals surface area contributed by atoms with E-state index in [2.05, 4.69) is 5.32 Å². The predicted molar refractivity (Wildman–Crippen MR) is 84.8 cm³/mol. The molecule has 6 heteroatoms. The second-order valence-electron chi connectivity index (χ2n) is 6.11. The van der Waals surface area contributed by atoms with Gasteiger partial charge >= 0.3 is 0 Å². The topological polar surface area (TPSA) is 49.4 Å². The molecule has 0 radical (unpaired) electrons. The second-order valence-corrected chi connectivity index (χ2v) is 6.98. The molecule has 0 saturated carbocycles. The molecule has 1 aromatic carbocycles. The van der Waals surface area contributed by atoms with Gasteiger partial charge in [0.25, 0.3) is 5.91 Å². The summed E-state index contributed by atoms with van der Waals surface area (Å²) in [5.41, 5.74) is -0.420. The number of benzene rings is 1. The molecule has 0 aliphatic carbocycles. The third-order valence-electron chi connectivity index (χ3n) is 3.49. The Morgan fingerprint density at radius 1 is 1.14 bits per heavy atom.